The molecule has 6 nitrogen and oxygen atoms in total. The van der Waals surface area contributed by atoms with E-state index < -0.39 is 15.4 Å². The predicted octanol–water partition coefficient (Wildman–Crippen LogP) is 4.54. The molecule has 0 radical (unpaired) electrons. The zero-order valence-electron chi connectivity index (χ0n) is 17.1. The van der Waals surface area contributed by atoms with E-state index in [2.05, 4.69) is 5.10 Å². The molecule has 0 N–H and O–H groups in total. The van der Waals surface area contributed by atoms with E-state index in [1.807, 2.05) is 27.7 Å². The summed E-state index contributed by atoms with van der Waals surface area (Å²) in [6, 6.07) is 3.31. The second-order valence-corrected chi connectivity index (χ2v) is 9.66. The van der Waals surface area contributed by atoms with Crippen LogP contribution in [0.4, 0.5) is 0 Å². The molecular formula is C20H25ClN2O4S. The van der Waals surface area contributed by atoms with Crippen LogP contribution in [-0.2, 0) is 17.2 Å². The normalized spacial score (nSPS) is 11.6. The second-order valence-electron chi connectivity index (χ2n) is 7.16. The van der Waals surface area contributed by atoms with E-state index in [1.165, 1.54) is 31.8 Å². The fourth-order valence-corrected chi connectivity index (χ4v) is 3.62. The lowest BCUT2D eigenvalue weighted by atomic mass is 9.92. The average molecular weight is 425 g/mol. The first kappa shape index (κ1) is 22.2. The molecule has 152 valence electrons. The molecule has 1 heterocycles. The van der Waals surface area contributed by atoms with Gasteiger partial charge >= 0.3 is 10.1 Å². The van der Waals surface area contributed by atoms with Gasteiger partial charge in [0.2, 0.25) is 5.88 Å². The minimum absolute atomic E-state index is 0.0814. The summed E-state index contributed by atoms with van der Waals surface area (Å²) >= 11 is 6.38. The van der Waals surface area contributed by atoms with Crippen molar-refractivity contribution in [1.29, 1.82) is 0 Å². The Morgan fingerprint density at radius 1 is 1.18 bits per heavy atom. The number of carbonyl (C=O) groups excluding carboxylic acids is 1. The van der Waals surface area contributed by atoms with Gasteiger partial charge in [-0.15, -0.1) is 0 Å². The largest absolute Gasteiger partial charge is 0.361 e. The summed E-state index contributed by atoms with van der Waals surface area (Å²) in [5.74, 6) is -0.479. The molecule has 2 rings (SSSR count). The van der Waals surface area contributed by atoms with E-state index in [0.29, 0.717) is 10.6 Å². The van der Waals surface area contributed by atoms with Crippen LogP contribution in [0, 0.1) is 6.92 Å². The van der Waals surface area contributed by atoms with Gasteiger partial charge in [-0.05, 0) is 70.4 Å². The Labute approximate surface area is 171 Å². The zero-order chi connectivity index (χ0) is 21.4. The number of aryl methyl sites for hydroxylation is 1. The summed E-state index contributed by atoms with van der Waals surface area (Å²) in [5.41, 5.74) is 4.09. The SMILES string of the molecule is CC(C)=C(C)c1c(Cl)ccc(C(=O)c2cnn(C)c2OS(=O)(=O)C(C)C)c1C. The highest BCUT2D eigenvalue weighted by atomic mass is 35.5. The molecule has 0 amide bonds. The molecule has 0 spiro atoms. The van der Waals surface area contributed by atoms with Crippen LogP contribution < -0.4 is 4.18 Å². The number of ketones is 1. The number of rotatable bonds is 6. The maximum absolute atomic E-state index is 13.2. The van der Waals surface area contributed by atoms with Gasteiger partial charge in [-0.3, -0.25) is 4.79 Å². The molecule has 0 bridgehead atoms. The van der Waals surface area contributed by atoms with Crippen molar-refractivity contribution in [2.75, 3.05) is 0 Å². The molecule has 1 aromatic heterocycles. The Balaban J connectivity index is 2.61. The number of benzene rings is 1. The van der Waals surface area contributed by atoms with Crippen LogP contribution in [0.1, 0.15) is 61.7 Å². The number of allylic oxidation sites excluding steroid dienone is 2. The fourth-order valence-electron chi connectivity index (χ4n) is 2.67. The minimum atomic E-state index is -3.87. The number of hydrogen-bond donors (Lipinski definition) is 0. The predicted molar refractivity (Wildman–Crippen MR) is 111 cm³/mol. The van der Waals surface area contributed by atoms with E-state index in [4.69, 9.17) is 15.8 Å². The second kappa shape index (κ2) is 8.09. The molecule has 2 aromatic rings. The monoisotopic (exact) mass is 424 g/mol. The molecule has 28 heavy (non-hydrogen) atoms. The van der Waals surface area contributed by atoms with Crippen molar-refractivity contribution in [1.82, 2.24) is 9.78 Å². The highest BCUT2D eigenvalue weighted by Crippen LogP contribution is 2.33. The summed E-state index contributed by atoms with van der Waals surface area (Å²) in [6.45, 7) is 10.7. The van der Waals surface area contributed by atoms with Gasteiger partial charge in [0.05, 0.1) is 11.4 Å². The minimum Gasteiger partial charge on any atom is -0.361 e. The third-order valence-corrected chi connectivity index (χ3v) is 6.55. The van der Waals surface area contributed by atoms with Gasteiger partial charge in [0.15, 0.2) is 5.78 Å². The van der Waals surface area contributed by atoms with Crippen LogP contribution in [0.5, 0.6) is 5.88 Å². The van der Waals surface area contributed by atoms with Crippen LogP contribution in [0.2, 0.25) is 5.02 Å². The number of hydrogen-bond acceptors (Lipinski definition) is 5. The highest BCUT2D eigenvalue weighted by Gasteiger charge is 2.27. The number of nitrogens with zero attached hydrogens (tertiary/aromatic N) is 2. The van der Waals surface area contributed by atoms with Crippen molar-refractivity contribution in [2.45, 2.75) is 46.8 Å². The first-order chi connectivity index (χ1) is 12.9. The fraction of sp³-hybridized carbons (Fsp3) is 0.400. The molecule has 0 fully saturated rings. The van der Waals surface area contributed by atoms with Crippen molar-refractivity contribution in [3.63, 3.8) is 0 Å². The van der Waals surface area contributed by atoms with Crippen molar-refractivity contribution in [2.24, 2.45) is 7.05 Å². The quantitative estimate of drug-likeness (QED) is 0.502. The van der Waals surface area contributed by atoms with Crippen LogP contribution >= 0.6 is 11.6 Å². The Morgan fingerprint density at radius 3 is 2.32 bits per heavy atom. The summed E-state index contributed by atoms with van der Waals surface area (Å²) in [7, 11) is -2.35. The molecule has 0 atom stereocenters. The maximum Gasteiger partial charge on any atom is 0.313 e. The molecule has 0 saturated heterocycles. The van der Waals surface area contributed by atoms with Gasteiger partial charge in [-0.2, -0.15) is 13.5 Å². The van der Waals surface area contributed by atoms with Gasteiger partial charge in [0, 0.05) is 17.6 Å². The molecular weight excluding hydrogens is 400 g/mol. The van der Waals surface area contributed by atoms with E-state index in [9.17, 15) is 13.2 Å². The standard InChI is InChI=1S/C20H25ClN2O4S/c1-11(2)13(5)18-14(6)15(8-9-17(18)21)19(24)16-10-22-23(7)20(16)27-28(25,26)12(3)4/h8-10,12H,1-7H3. The highest BCUT2D eigenvalue weighted by molar-refractivity contribution is 7.87. The first-order valence-electron chi connectivity index (χ1n) is 8.82. The molecule has 8 heteroatoms. The molecule has 1 aromatic carbocycles. The third kappa shape index (κ3) is 4.15. The van der Waals surface area contributed by atoms with Crippen molar-refractivity contribution in [3.05, 3.63) is 51.2 Å². The van der Waals surface area contributed by atoms with Crippen molar-refractivity contribution >= 4 is 33.1 Å². The zero-order valence-corrected chi connectivity index (χ0v) is 18.7. The Kier molecular flexibility index (Phi) is 6.41. The number of aromatic nitrogens is 2. The summed E-state index contributed by atoms with van der Waals surface area (Å²) in [4.78, 5) is 13.2. The number of halogens is 1. The molecule has 0 aliphatic rings. The van der Waals surface area contributed by atoms with Gasteiger partial charge in [-0.1, -0.05) is 17.2 Å². The lowest BCUT2D eigenvalue weighted by Gasteiger charge is -2.15. The smallest absolute Gasteiger partial charge is 0.313 e. The average Bonchev–Trinajstić information content (AvgIpc) is 2.94. The van der Waals surface area contributed by atoms with Crippen LogP contribution in [0.15, 0.2) is 23.9 Å². The topological polar surface area (TPSA) is 78.3 Å². The first-order valence-corrected chi connectivity index (χ1v) is 10.7. The van der Waals surface area contributed by atoms with Crippen LogP contribution in [0.25, 0.3) is 5.57 Å². The van der Waals surface area contributed by atoms with Crippen LogP contribution in [0.3, 0.4) is 0 Å². The van der Waals surface area contributed by atoms with Gasteiger partial charge in [0.25, 0.3) is 0 Å². The van der Waals surface area contributed by atoms with E-state index >= 15 is 0 Å². The van der Waals surface area contributed by atoms with E-state index in [-0.39, 0.29) is 17.2 Å². The molecule has 0 unspecified atom stereocenters. The van der Waals surface area contributed by atoms with Gasteiger partial charge < -0.3 is 4.18 Å². The maximum atomic E-state index is 13.2. The molecule has 0 saturated carbocycles. The number of carbonyl (C=O) groups is 1. The molecule has 0 aliphatic carbocycles. The third-order valence-electron chi connectivity index (χ3n) is 4.69. The summed E-state index contributed by atoms with van der Waals surface area (Å²) < 4.78 is 30.8. The summed E-state index contributed by atoms with van der Waals surface area (Å²) in [6.07, 6.45) is 1.31. The van der Waals surface area contributed by atoms with E-state index in [1.54, 1.807) is 12.1 Å². The Morgan fingerprint density at radius 2 is 1.79 bits per heavy atom. The summed E-state index contributed by atoms with van der Waals surface area (Å²) in [5, 5.41) is 3.81. The van der Waals surface area contributed by atoms with Gasteiger partial charge in [-0.25, -0.2) is 4.68 Å². The Hall–Kier alpha value is -2.12. The van der Waals surface area contributed by atoms with Crippen molar-refractivity contribution < 1.29 is 17.4 Å². The lowest BCUT2D eigenvalue weighted by molar-refractivity contribution is 0.103. The van der Waals surface area contributed by atoms with E-state index in [0.717, 1.165) is 22.3 Å². The lowest BCUT2D eigenvalue weighted by Crippen LogP contribution is -2.22. The van der Waals surface area contributed by atoms with Gasteiger partial charge in [0.1, 0.15) is 5.56 Å². The van der Waals surface area contributed by atoms with Crippen molar-refractivity contribution in [3.8, 4) is 5.88 Å². The molecule has 0 aliphatic heterocycles. The van der Waals surface area contributed by atoms with Crippen LogP contribution in [-0.4, -0.2) is 29.2 Å². The Bertz CT molecular complexity index is 1060.